The molecule has 1 amide bonds. The van der Waals surface area contributed by atoms with E-state index in [0.717, 1.165) is 23.2 Å². The normalized spacial score (nSPS) is 10.9. The first-order valence-corrected chi connectivity index (χ1v) is 9.13. The average molecular weight is 367 g/mol. The Morgan fingerprint density at radius 1 is 1.04 bits per heavy atom. The molecule has 0 bridgehead atoms. The zero-order valence-electron chi connectivity index (χ0n) is 15.5. The summed E-state index contributed by atoms with van der Waals surface area (Å²) >= 11 is 0. The maximum Gasteiger partial charge on any atom is 0.227 e. The van der Waals surface area contributed by atoms with Gasteiger partial charge in [-0.2, -0.15) is 10.2 Å². The van der Waals surface area contributed by atoms with Crippen molar-refractivity contribution >= 4 is 5.91 Å². The van der Waals surface area contributed by atoms with E-state index >= 15 is 0 Å². The Kier molecular flexibility index (Phi) is 6.38. The van der Waals surface area contributed by atoms with Gasteiger partial charge in [-0.1, -0.05) is 30.3 Å². The van der Waals surface area contributed by atoms with Gasteiger partial charge >= 0.3 is 0 Å². The molecule has 0 aliphatic heterocycles. The molecule has 0 radical (unpaired) electrons. The van der Waals surface area contributed by atoms with Crippen molar-refractivity contribution in [2.75, 3.05) is 13.2 Å². The molecule has 0 aliphatic rings. The minimum absolute atomic E-state index is 0.0347. The fraction of sp³-hybridized carbons (Fsp3) is 0.350. The van der Waals surface area contributed by atoms with Gasteiger partial charge in [0.05, 0.1) is 32.0 Å². The lowest BCUT2D eigenvalue weighted by Crippen LogP contribution is -2.34. The first-order chi connectivity index (χ1) is 13.2. The Labute approximate surface area is 158 Å². The number of aliphatic hydroxyl groups excluding tert-OH is 1. The molecular formula is C20H25N5O2. The predicted octanol–water partition coefficient (Wildman–Crippen LogP) is 1.71. The molecular weight excluding hydrogens is 342 g/mol. The van der Waals surface area contributed by atoms with Gasteiger partial charge in [-0.05, 0) is 18.1 Å². The van der Waals surface area contributed by atoms with Crippen LogP contribution in [-0.2, 0) is 30.8 Å². The Hall–Kier alpha value is -2.93. The van der Waals surface area contributed by atoms with E-state index in [4.69, 9.17) is 0 Å². The van der Waals surface area contributed by atoms with Crippen LogP contribution in [0.4, 0.5) is 0 Å². The van der Waals surface area contributed by atoms with Crippen LogP contribution in [0.2, 0.25) is 0 Å². The lowest BCUT2D eigenvalue weighted by Gasteiger charge is -2.20. The Morgan fingerprint density at radius 3 is 2.44 bits per heavy atom. The van der Waals surface area contributed by atoms with E-state index in [1.54, 1.807) is 17.3 Å². The standard InChI is InChI=1S/C20H25N5O2/c1-2-24-16-19(12-21-24)13-23(8-9-26)20(27)10-18-11-22-25(15-18)14-17-6-4-3-5-7-17/h3-7,11-12,15-16,26H,2,8-10,13-14H2,1H3. The third kappa shape index (κ3) is 5.27. The number of carbonyl (C=O) groups excluding carboxylic acids is 1. The van der Waals surface area contributed by atoms with E-state index in [-0.39, 0.29) is 18.9 Å². The van der Waals surface area contributed by atoms with Crippen molar-refractivity contribution in [3.8, 4) is 0 Å². The Bertz CT molecular complexity index is 856. The lowest BCUT2D eigenvalue weighted by atomic mass is 10.2. The van der Waals surface area contributed by atoms with Crippen LogP contribution in [0.5, 0.6) is 0 Å². The van der Waals surface area contributed by atoms with Gasteiger partial charge in [-0.3, -0.25) is 14.2 Å². The number of rotatable bonds is 9. The number of benzene rings is 1. The molecule has 0 fully saturated rings. The molecule has 0 unspecified atom stereocenters. The summed E-state index contributed by atoms with van der Waals surface area (Å²) in [6.07, 6.45) is 7.58. The quantitative estimate of drug-likeness (QED) is 0.625. The van der Waals surface area contributed by atoms with Crippen LogP contribution in [0.1, 0.15) is 23.6 Å². The molecule has 0 atom stereocenters. The fourth-order valence-electron chi connectivity index (χ4n) is 2.94. The Morgan fingerprint density at radius 2 is 1.74 bits per heavy atom. The van der Waals surface area contributed by atoms with Gasteiger partial charge in [0, 0.05) is 37.6 Å². The second-order valence-corrected chi connectivity index (χ2v) is 6.45. The van der Waals surface area contributed by atoms with Crippen molar-refractivity contribution in [3.63, 3.8) is 0 Å². The highest BCUT2D eigenvalue weighted by molar-refractivity contribution is 5.78. The Balaban J connectivity index is 1.61. The molecule has 0 saturated carbocycles. The lowest BCUT2D eigenvalue weighted by molar-refractivity contribution is -0.131. The number of hydrogen-bond donors (Lipinski definition) is 1. The highest BCUT2D eigenvalue weighted by atomic mass is 16.3. The molecule has 7 nitrogen and oxygen atoms in total. The smallest absolute Gasteiger partial charge is 0.227 e. The van der Waals surface area contributed by atoms with Gasteiger partial charge in [-0.15, -0.1) is 0 Å². The highest BCUT2D eigenvalue weighted by Gasteiger charge is 2.16. The molecule has 0 spiro atoms. The molecule has 2 heterocycles. The van der Waals surface area contributed by atoms with Crippen LogP contribution in [0.3, 0.4) is 0 Å². The molecule has 1 N–H and O–H groups in total. The van der Waals surface area contributed by atoms with Crippen LogP contribution in [0.25, 0.3) is 0 Å². The van der Waals surface area contributed by atoms with Gasteiger partial charge in [0.2, 0.25) is 5.91 Å². The third-order valence-corrected chi connectivity index (χ3v) is 4.34. The first kappa shape index (κ1) is 18.8. The molecule has 3 rings (SSSR count). The van der Waals surface area contributed by atoms with Gasteiger partial charge in [0.15, 0.2) is 0 Å². The van der Waals surface area contributed by atoms with Crippen LogP contribution in [0, 0.1) is 0 Å². The van der Waals surface area contributed by atoms with Crippen LogP contribution in [-0.4, -0.2) is 48.6 Å². The number of amides is 1. The van der Waals surface area contributed by atoms with Crippen molar-refractivity contribution in [2.24, 2.45) is 0 Å². The molecule has 1 aromatic carbocycles. The molecule has 2 aromatic heterocycles. The largest absolute Gasteiger partial charge is 0.395 e. The third-order valence-electron chi connectivity index (χ3n) is 4.34. The number of aromatic nitrogens is 4. The second kappa shape index (κ2) is 9.14. The zero-order valence-corrected chi connectivity index (χ0v) is 15.5. The summed E-state index contributed by atoms with van der Waals surface area (Å²) in [6, 6.07) is 10.1. The van der Waals surface area contributed by atoms with E-state index in [2.05, 4.69) is 10.2 Å². The number of nitrogens with zero attached hydrogens (tertiary/aromatic N) is 5. The minimum Gasteiger partial charge on any atom is -0.395 e. The van der Waals surface area contributed by atoms with Crippen molar-refractivity contribution in [3.05, 3.63) is 71.8 Å². The number of carbonyl (C=O) groups is 1. The monoisotopic (exact) mass is 367 g/mol. The average Bonchev–Trinajstić information content (AvgIpc) is 3.31. The SMILES string of the molecule is CCn1cc(CN(CCO)C(=O)Cc2cnn(Cc3ccccc3)c2)cn1. The fourth-order valence-corrected chi connectivity index (χ4v) is 2.94. The minimum atomic E-state index is -0.0685. The van der Waals surface area contributed by atoms with Gasteiger partial charge in [0.25, 0.3) is 0 Å². The summed E-state index contributed by atoms with van der Waals surface area (Å²) in [7, 11) is 0. The van der Waals surface area contributed by atoms with E-state index < -0.39 is 0 Å². The molecule has 142 valence electrons. The molecule has 3 aromatic rings. The summed E-state index contributed by atoms with van der Waals surface area (Å²) in [5.41, 5.74) is 2.98. The van der Waals surface area contributed by atoms with E-state index in [9.17, 15) is 9.90 Å². The van der Waals surface area contributed by atoms with Crippen LogP contribution < -0.4 is 0 Å². The van der Waals surface area contributed by atoms with Crippen LogP contribution >= 0.6 is 0 Å². The first-order valence-electron chi connectivity index (χ1n) is 9.13. The number of aryl methyl sites for hydroxylation is 1. The van der Waals surface area contributed by atoms with E-state index in [0.29, 0.717) is 19.6 Å². The van der Waals surface area contributed by atoms with Crippen molar-refractivity contribution in [1.29, 1.82) is 0 Å². The van der Waals surface area contributed by atoms with E-state index in [1.165, 1.54) is 0 Å². The van der Waals surface area contributed by atoms with E-state index in [1.807, 2.05) is 59.0 Å². The maximum atomic E-state index is 12.7. The molecule has 27 heavy (non-hydrogen) atoms. The van der Waals surface area contributed by atoms with Gasteiger partial charge < -0.3 is 10.0 Å². The van der Waals surface area contributed by atoms with Crippen molar-refractivity contribution in [1.82, 2.24) is 24.5 Å². The second-order valence-electron chi connectivity index (χ2n) is 6.45. The van der Waals surface area contributed by atoms with Gasteiger partial charge in [0.1, 0.15) is 0 Å². The summed E-state index contributed by atoms with van der Waals surface area (Å²) in [4.78, 5) is 14.4. The molecule has 7 heteroatoms. The molecule has 0 aliphatic carbocycles. The predicted molar refractivity (Wildman–Crippen MR) is 102 cm³/mol. The summed E-state index contributed by atoms with van der Waals surface area (Å²) in [5.74, 6) is -0.0347. The maximum absolute atomic E-state index is 12.7. The zero-order chi connectivity index (χ0) is 19.1. The topological polar surface area (TPSA) is 76.2 Å². The summed E-state index contributed by atoms with van der Waals surface area (Å²) < 4.78 is 3.66. The molecule has 0 saturated heterocycles. The van der Waals surface area contributed by atoms with Crippen LogP contribution in [0.15, 0.2) is 55.1 Å². The number of hydrogen-bond acceptors (Lipinski definition) is 4. The number of aliphatic hydroxyl groups is 1. The van der Waals surface area contributed by atoms with Gasteiger partial charge in [-0.25, -0.2) is 0 Å². The summed E-state index contributed by atoms with van der Waals surface area (Å²) in [5, 5.41) is 17.9. The highest BCUT2D eigenvalue weighted by Crippen LogP contribution is 2.09. The van der Waals surface area contributed by atoms with Crippen molar-refractivity contribution < 1.29 is 9.90 Å². The van der Waals surface area contributed by atoms with Crippen molar-refractivity contribution in [2.45, 2.75) is 33.0 Å². The summed E-state index contributed by atoms with van der Waals surface area (Å²) in [6.45, 7) is 4.15.